The average Bonchev–Trinajstić information content (AvgIpc) is 2.62. The molecule has 1 amide bonds. The van der Waals surface area contributed by atoms with Gasteiger partial charge < -0.3 is 0 Å². The molecule has 0 radical (unpaired) electrons. The van der Waals surface area contributed by atoms with Crippen LogP contribution >= 0.6 is 0 Å². The second kappa shape index (κ2) is 6.11. The number of benzene rings is 1. The van der Waals surface area contributed by atoms with E-state index in [0.717, 1.165) is 11.1 Å². The molecule has 3 rings (SSSR count). The molecule has 22 heavy (non-hydrogen) atoms. The third-order valence-corrected chi connectivity index (χ3v) is 3.09. The molecule has 1 aromatic carbocycles. The number of carbonyl (C=O) groups is 1. The number of nitrogens with zero attached hydrogens (tertiary/aromatic N) is 3. The maximum atomic E-state index is 11.8. The van der Waals surface area contributed by atoms with Crippen molar-refractivity contribution in [3.8, 4) is 22.5 Å². The van der Waals surface area contributed by atoms with Crippen molar-refractivity contribution in [3.63, 3.8) is 0 Å². The fourth-order valence-electron chi connectivity index (χ4n) is 2.03. The van der Waals surface area contributed by atoms with Gasteiger partial charge in [-0.1, -0.05) is 30.3 Å². The van der Waals surface area contributed by atoms with Crippen LogP contribution in [0.3, 0.4) is 0 Å². The highest BCUT2D eigenvalue weighted by Gasteiger charge is 2.13. The summed E-state index contributed by atoms with van der Waals surface area (Å²) in [5.41, 5.74) is 5.01. The van der Waals surface area contributed by atoms with E-state index in [-0.39, 0.29) is 5.82 Å². The van der Waals surface area contributed by atoms with E-state index in [1.54, 1.807) is 12.4 Å². The molecule has 0 spiro atoms. The topological polar surface area (TPSA) is 93.8 Å². The van der Waals surface area contributed by atoms with Crippen molar-refractivity contribution in [1.29, 1.82) is 0 Å². The Kier molecular flexibility index (Phi) is 3.84. The van der Waals surface area contributed by atoms with Crippen LogP contribution in [0.25, 0.3) is 22.5 Å². The Morgan fingerprint density at radius 1 is 0.955 bits per heavy atom. The van der Waals surface area contributed by atoms with Gasteiger partial charge in [-0.25, -0.2) is 15.8 Å². The zero-order chi connectivity index (χ0) is 15.4. The quantitative estimate of drug-likeness (QED) is 0.436. The van der Waals surface area contributed by atoms with Crippen molar-refractivity contribution in [2.24, 2.45) is 5.84 Å². The highest BCUT2D eigenvalue weighted by atomic mass is 16.2. The third-order valence-electron chi connectivity index (χ3n) is 3.09. The van der Waals surface area contributed by atoms with Crippen LogP contribution in [0.1, 0.15) is 10.6 Å². The molecule has 0 fully saturated rings. The van der Waals surface area contributed by atoms with Gasteiger partial charge in [0.2, 0.25) is 5.82 Å². The van der Waals surface area contributed by atoms with Crippen LogP contribution < -0.4 is 11.3 Å². The summed E-state index contributed by atoms with van der Waals surface area (Å²) in [4.78, 5) is 24.4. The van der Waals surface area contributed by atoms with E-state index >= 15 is 0 Å². The van der Waals surface area contributed by atoms with E-state index in [1.807, 2.05) is 48.5 Å². The Balaban J connectivity index is 2.17. The summed E-state index contributed by atoms with van der Waals surface area (Å²) in [6.45, 7) is 0. The number of pyridine rings is 1. The van der Waals surface area contributed by atoms with Gasteiger partial charge in [0, 0.05) is 23.5 Å². The Morgan fingerprint density at radius 2 is 1.64 bits per heavy atom. The van der Waals surface area contributed by atoms with E-state index in [1.165, 1.54) is 0 Å². The van der Waals surface area contributed by atoms with Gasteiger partial charge in [-0.05, 0) is 18.2 Å². The summed E-state index contributed by atoms with van der Waals surface area (Å²) in [6, 6.07) is 15.1. The zero-order valence-electron chi connectivity index (χ0n) is 11.6. The largest absolute Gasteiger partial charge is 0.302 e. The lowest BCUT2D eigenvalue weighted by molar-refractivity contribution is 0.0943. The summed E-state index contributed by atoms with van der Waals surface area (Å²) in [7, 11) is 0. The van der Waals surface area contributed by atoms with Gasteiger partial charge in [0.05, 0.1) is 11.4 Å². The molecule has 0 atom stereocenters. The summed E-state index contributed by atoms with van der Waals surface area (Å²) >= 11 is 0. The third kappa shape index (κ3) is 2.82. The average molecular weight is 291 g/mol. The molecule has 0 aliphatic carbocycles. The number of amides is 1. The van der Waals surface area contributed by atoms with Crippen molar-refractivity contribution in [1.82, 2.24) is 20.4 Å². The van der Waals surface area contributed by atoms with Crippen LogP contribution in [0.4, 0.5) is 0 Å². The first-order valence-electron chi connectivity index (χ1n) is 6.64. The highest BCUT2D eigenvalue weighted by molar-refractivity contribution is 5.91. The van der Waals surface area contributed by atoms with Crippen LogP contribution in [-0.4, -0.2) is 20.9 Å². The molecule has 0 unspecified atom stereocenters. The number of hydrogen-bond acceptors (Lipinski definition) is 5. The Hall–Kier alpha value is -3.12. The number of nitrogens with one attached hydrogen (secondary N) is 1. The van der Waals surface area contributed by atoms with Crippen LogP contribution in [0.2, 0.25) is 0 Å². The van der Waals surface area contributed by atoms with Crippen molar-refractivity contribution in [2.45, 2.75) is 0 Å². The Labute approximate surface area is 127 Å². The number of aromatic nitrogens is 3. The van der Waals surface area contributed by atoms with Crippen LogP contribution in [0, 0.1) is 0 Å². The van der Waals surface area contributed by atoms with Crippen LogP contribution in [0.15, 0.2) is 60.9 Å². The Bertz CT molecular complexity index is 732. The lowest BCUT2D eigenvalue weighted by Gasteiger charge is -2.07. The van der Waals surface area contributed by atoms with E-state index in [4.69, 9.17) is 5.84 Å². The minimum absolute atomic E-state index is 0.0164. The van der Waals surface area contributed by atoms with E-state index in [2.05, 4.69) is 20.4 Å². The number of nitrogen functional groups attached to an aromatic ring is 1. The van der Waals surface area contributed by atoms with Gasteiger partial charge in [-0.3, -0.25) is 15.2 Å². The first-order valence-corrected chi connectivity index (χ1v) is 6.64. The molecule has 108 valence electrons. The van der Waals surface area contributed by atoms with E-state index in [0.29, 0.717) is 11.4 Å². The molecule has 0 aliphatic heterocycles. The minimum Gasteiger partial charge on any atom is -0.287 e. The summed E-state index contributed by atoms with van der Waals surface area (Å²) in [5.74, 6) is 4.67. The highest BCUT2D eigenvalue weighted by Crippen LogP contribution is 2.23. The van der Waals surface area contributed by atoms with Gasteiger partial charge >= 0.3 is 5.91 Å². The molecule has 0 bridgehead atoms. The molecule has 3 aromatic rings. The standard InChI is InChI=1S/C16H13N5O/c17-21-16(22)15-19-13(11-5-2-1-3-6-11)9-14(20-15)12-7-4-8-18-10-12/h1-10H,17H2,(H,21,22). The van der Waals surface area contributed by atoms with Gasteiger partial charge in [-0.2, -0.15) is 0 Å². The molecular weight excluding hydrogens is 278 g/mol. The number of hydrogen-bond donors (Lipinski definition) is 2. The first-order chi connectivity index (χ1) is 10.8. The molecular formula is C16H13N5O. The molecule has 0 saturated carbocycles. The first kappa shape index (κ1) is 13.8. The number of carbonyl (C=O) groups excluding carboxylic acids is 1. The van der Waals surface area contributed by atoms with Gasteiger partial charge in [0.25, 0.3) is 0 Å². The van der Waals surface area contributed by atoms with Gasteiger partial charge in [0.15, 0.2) is 0 Å². The fourth-order valence-corrected chi connectivity index (χ4v) is 2.03. The van der Waals surface area contributed by atoms with E-state index < -0.39 is 5.91 Å². The van der Waals surface area contributed by atoms with Crippen molar-refractivity contribution in [3.05, 3.63) is 66.7 Å². The zero-order valence-corrected chi connectivity index (χ0v) is 11.6. The number of nitrogens with two attached hydrogens (primary N) is 1. The molecule has 6 nitrogen and oxygen atoms in total. The monoisotopic (exact) mass is 291 g/mol. The minimum atomic E-state index is -0.539. The maximum absolute atomic E-state index is 11.8. The molecule has 3 N–H and O–H groups in total. The maximum Gasteiger partial charge on any atom is 0.302 e. The van der Waals surface area contributed by atoms with Crippen molar-refractivity contribution in [2.75, 3.05) is 0 Å². The lowest BCUT2D eigenvalue weighted by atomic mass is 10.1. The van der Waals surface area contributed by atoms with E-state index in [9.17, 15) is 4.79 Å². The molecule has 2 heterocycles. The molecule has 0 saturated heterocycles. The van der Waals surface area contributed by atoms with Crippen LogP contribution in [-0.2, 0) is 0 Å². The van der Waals surface area contributed by atoms with Gasteiger partial charge in [-0.15, -0.1) is 0 Å². The predicted molar refractivity (Wildman–Crippen MR) is 82.4 cm³/mol. The SMILES string of the molecule is NNC(=O)c1nc(-c2ccccc2)cc(-c2cccnc2)n1. The van der Waals surface area contributed by atoms with Crippen molar-refractivity contribution >= 4 is 5.91 Å². The van der Waals surface area contributed by atoms with Crippen molar-refractivity contribution < 1.29 is 4.79 Å². The Morgan fingerprint density at radius 3 is 2.27 bits per heavy atom. The molecule has 2 aromatic heterocycles. The second-order valence-corrected chi connectivity index (χ2v) is 4.54. The molecule has 6 heteroatoms. The second-order valence-electron chi connectivity index (χ2n) is 4.54. The lowest BCUT2D eigenvalue weighted by Crippen LogP contribution is -2.31. The number of hydrazine groups is 1. The van der Waals surface area contributed by atoms with Gasteiger partial charge in [0.1, 0.15) is 0 Å². The number of rotatable bonds is 3. The van der Waals surface area contributed by atoms with Crippen LogP contribution in [0.5, 0.6) is 0 Å². The summed E-state index contributed by atoms with van der Waals surface area (Å²) in [5, 5.41) is 0. The smallest absolute Gasteiger partial charge is 0.287 e. The summed E-state index contributed by atoms with van der Waals surface area (Å²) < 4.78 is 0. The normalized spacial score (nSPS) is 10.2. The predicted octanol–water partition coefficient (Wildman–Crippen LogP) is 1.81. The molecule has 0 aliphatic rings. The fraction of sp³-hybridized carbons (Fsp3) is 0. The summed E-state index contributed by atoms with van der Waals surface area (Å²) in [6.07, 6.45) is 3.36.